The first-order valence-corrected chi connectivity index (χ1v) is 7.37. The Morgan fingerprint density at radius 3 is 2.67 bits per heavy atom. The number of ether oxygens (including phenoxy) is 3. The van der Waals surface area contributed by atoms with Crippen molar-refractivity contribution in [2.45, 2.75) is 13.5 Å². The van der Waals surface area contributed by atoms with Crippen molar-refractivity contribution in [3.05, 3.63) is 34.1 Å². The van der Waals surface area contributed by atoms with Crippen LogP contribution in [0.25, 0.3) is 10.9 Å². The second kappa shape index (κ2) is 6.23. The van der Waals surface area contributed by atoms with Gasteiger partial charge >= 0.3 is 5.97 Å². The second-order valence-corrected chi connectivity index (χ2v) is 5.14. The molecule has 1 aromatic carbocycles. The van der Waals surface area contributed by atoms with Gasteiger partial charge in [-0.25, -0.2) is 0 Å². The molecule has 0 radical (unpaired) electrons. The molecule has 1 N–H and O–H groups in total. The molecule has 2 aromatic rings. The molecule has 24 heavy (non-hydrogen) atoms. The van der Waals surface area contributed by atoms with Crippen LogP contribution in [0.1, 0.15) is 17.3 Å². The fourth-order valence-corrected chi connectivity index (χ4v) is 2.52. The van der Waals surface area contributed by atoms with Crippen LogP contribution >= 0.6 is 0 Å². The smallest absolute Gasteiger partial charge is 0.325 e. The number of hydrogen-bond donors (Lipinski definition) is 1. The summed E-state index contributed by atoms with van der Waals surface area (Å²) in [5, 5.41) is 2.73. The highest BCUT2D eigenvalue weighted by Gasteiger charge is 2.20. The standard InChI is InChI=1S/C16H16N2O6/c1-3-18-7-10(16(21)17-6-14(19)22-2)15(20)9-4-12-13(5-11(9)18)24-8-23-12/h4-5,7H,3,6,8H2,1-2H3,(H,17,21). The van der Waals surface area contributed by atoms with Gasteiger partial charge in [-0.1, -0.05) is 0 Å². The van der Waals surface area contributed by atoms with Crippen molar-refractivity contribution in [2.24, 2.45) is 0 Å². The average Bonchev–Trinajstić information content (AvgIpc) is 3.05. The first kappa shape index (κ1) is 15.9. The molecule has 0 fully saturated rings. The lowest BCUT2D eigenvalue weighted by molar-refractivity contribution is -0.139. The fourth-order valence-electron chi connectivity index (χ4n) is 2.52. The molecule has 0 unspecified atom stereocenters. The normalized spacial score (nSPS) is 12.2. The van der Waals surface area contributed by atoms with Crippen molar-refractivity contribution in [2.75, 3.05) is 20.4 Å². The van der Waals surface area contributed by atoms with E-state index in [0.717, 1.165) is 0 Å². The lowest BCUT2D eigenvalue weighted by Gasteiger charge is -2.12. The summed E-state index contributed by atoms with van der Waals surface area (Å²) in [5.41, 5.74) is 0.166. The van der Waals surface area contributed by atoms with E-state index in [1.54, 1.807) is 16.7 Å². The Morgan fingerprint density at radius 1 is 1.29 bits per heavy atom. The van der Waals surface area contributed by atoms with Crippen molar-refractivity contribution in [1.82, 2.24) is 9.88 Å². The molecular formula is C16H16N2O6. The Balaban J connectivity index is 2.08. The summed E-state index contributed by atoms with van der Waals surface area (Å²) in [4.78, 5) is 36.1. The molecule has 1 amide bonds. The Hall–Kier alpha value is -3.03. The average molecular weight is 332 g/mol. The third-order valence-electron chi connectivity index (χ3n) is 3.78. The molecular weight excluding hydrogens is 316 g/mol. The predicted octanol–water partition coefficient (Wildman–Crippen LogP) is 0.653. The van der Waals surface area contributed by atoms with Gasteiger partial charge in [0, 0.05) is 18.8 Å². The number of rotatable bonds is 4. The van der Waals surface area contributed by atoms with E-state index >= 15 is 0 Å². The van der Waals surface area contributed by atoms with Gasteiger partial charge in [-0.05, 0) is 13.0 Å². The number of methoxy groups -OCH3 is 1. The summed E-state index contributed by atoms with van der Waals surface area (Å²) in [5.74, 6) is -0.197. The maximum atomic E-state index is 12.7. The molecule has 3 rings (SSSR count). The van der Waals surface area contributed by atoms with E-state index in [0.29, 0.717) is 28.9 Å². The zero-order valence-electron chi connectivity index (χ0n) is 13.3. The van der Waals surface area contributed by atoms with E-state index in [1.807, 2.05) is 6.92 Å². The van der Waals surface area contributed by atoms with Gasteiger partial charge in [-0.3, -0.25) is 14.4 Å². The highest BCUT2D eigenvalue weighted by molar-refractivity contribution is 5.99. The third kappa shape index (κ3) is 2.66. The minimum absolute atomic E-state index is 0.0490. The molecule has 8 heteroatoms. The predicted molar refractivity (Wildman–Crippen MR) is 84.4 cm³/mol. The van der Waals surface area contributed by atoms with E-state index in [-0.39, 0.29) is 18.9 Å². The molecule has 0 spiro atoms. The molecule has 0 aliphatic carbocycles. The number of nitrogens with zero attached hydrogens (tertiary/aromatic N) is 1. The molecule has 0 saturated heterocycles. The maximum absolute atomic E-state index is 12.7. The number of amides is 1. The third-order valence-corrected chi connectivity index (χ3v) is 3.78. The molecule has 1 aliphatic rings. The Bertz CT molecular complexity index is 886. The van der Waals surface area contributed by atoms with Crippen LogP contribution in [0.15, 0.2) is 23.1 Å². The SMILES string of the molecule is CCn1cc(C(=O)NCC(=O)OC)c(=O)c2cc3c(cc21)OCO3. The van der Waals surface area contributed by atoms with Crippen LogP contribution in [0.2, 0.25) is 0 Å². The number of nitrogens with one attached hydrogen (secondary N) is 1. The van der Waals surface area contributed by atoms with Crippen molar-refractivity contribution >= 4 is 22.8 Å². The highest BCUT2D eigenvalue weighted by atomic mass is 16.7. The number of hydrogen-bond acceptors (Lipinski definition) is 6. The van der Waals surface area contributed by atoms with Crippen molar-refractivity contribution in [3.63, 3.8) is 0 Å². The Morgan fingerprint density at radius 2 is 2.00 bits per heavy atom. The molecule has 126 valence electrons. The van der Waals surface area contributed by atoms with Gasteiger partial charge < -0.3 is 24.1 Å². The number of esters is 1. The quantitative estimate of drug-likeness (QED) is 0.826. The van der Waals surface area contributed by atoms with Crippen LogP contribution in [0.3, 0.4) is 0 Å². The van der Waals surface area contributed by atoms with Gasteiger partial charge in [0.1, 0.15) is 12.1 Å². The summed E-state index contributed by atoms with van der Waals surface area (Å²) >= 11 is 0. The van der Waals surface area contributed by atoms with Crippen LogP contribution in [0.4, 0.5) is 0 Å². The zero-order valence-corrected chi connectivity index (χ0v) is 13.3. The van der Waals surface area contributed by atoms with E-state index in [4.69, 9.17) is 9.47 Å². The van der Waals surface area contributed by atoms with Crippen LogP contribution < -0.4 is 20.2 Å². The fraction of sp³-hybridized carbons (Fsp3) is 0.312. The van der Waals surface area contributed by atoms with Crippen LogP contribution in [0.5, 0.6) is 11.5 Å². The number of fused-ring (bicyclic) bond motifs is 2. The summed E-state index contributed by atoms with van der Waals surface area (Å²) in [6.45, 7) is 2.23. The number of pyridine rings is 1. The van der Waals surface area contributed by atoms with Gasteiger partial charge in [0.2, 0.25) is 12.2 Å². The molecule has 0 atom stereocenters. The minimum Gasteiger partial charge on any atom is -0.468 e. The van der Waals surface area contributed by atoms with Gasteiger partial charge in [-0.2, -0.15) is 0 Å². The summed E-state index contributed by atoms with van der Waals surface area (Å²) in [6, 6.07) is 3.29. The molecule has 1 aromatic heterocycles. The van der Waals surface area contributed by atoms with E-state index < -0.39 is 17.3 Å². The molecule has 1 aliphatic heterocycles. The summed E-state index contributed by atoms with van der Waals surface area (Å²) < 4.78 is 16.9. The lowest BCUT2D eigenvalue weighted by Crippen LogP contribution is -2.34. The molecule has 0 bridgehead atoms. The van der Waals surface area contributed by atoms with Crippen LogP contribution in [-0.2, 0) is 16.1 Å². The largest absolute Gasteiger partial charge is 0.468 e. The Labute approximate surface area is 136 Å². The molecule has 2 heterocycles. The van der Waals surface area contributed by atoms with Crippen molar-refractivity contribution in [1.29, 1.82) is 0 Å². The molecule has 0 saturated carbocycles. The number of carbonyl (C=O) groups excluding carboxylic acids is 2. The lowest BCUT2D eigenvalue weighted by atomic mass is 10.1. The number of carbonyl (C=O) groups is 2. The van der Waals surface area contributed by atoms with Gasteiger partial charge in [-0.15, -0.1) is 0 Å². The van der Waals surface area contributed by atoms with Crippen LogP contribution in [-0.4, -0.2) is 36.9 Å². The van der Waals surface area contributed by atoms with Crippen molar-refractivity contribution < 1.29 is 23.8 Å². The van der Waals surface area contributed by atoms with Crippen LogP contribution in [0, 0.1) is 0 Å². The highest BCUT2D eigenvalue weighted by Crippen LogP contribution is 2.35. The van der Waals surface area contributed by atoms with E-state index in [1.165, 1.54) is 13.3 Å². The van der Waals surface area contributed by atoms with Gasteiger partial charge in [0.05, 0.1) is 18.0 Å². The van der Waals surface area contributed by atoms with Gasteiger partial charge in [0.15, 0.2) is 11.5 Å². The number of aromatic nitrogens is 1. The topological polar surface area (TPSA) is 95.9 Å². The summed E-state index contributed by atoms with van der Waals surface area (Å²) in [6.07, 6.45) is 1.47. The second-order valence-electron chi connectivity index (χ2n) is 5.14. The van der Waals surface area contributed by atoms with E-state index in [2.05, 4.69) is 10.1 Å². The summed E-state index contributed by atoms with van der Waals surface area (Å²) in [7, 11) is 1.22. The number of benzene rings is 1. The monoisotopic (exact) mass is 332 g/mol. The maximum Gasteiger partial charge on any atom is 0.325 e. The Kier molecular flexibility index (Phi) is 4.11. The molecule has 8 nitrogen and oxygen atoms in total. The number of aryl methyl sites for hydroxylation is 1. The zero-order chi connectivity index (χ0) is 17.3. The minimum atomic E-state index is -0.632. The first-order valence-electron chi connectivity index (χ1n) is 7.37. The van der Waals surface area contributed by atoms with Gasteiger partial charge in [0.25, 0.3) is 5.91 Å². The first-order chi connectivity index (χ1) is 11.5. The van der Waals surface area contributed by atoms with Crippen molar-refractivity contribution in [3.8, 4) is 11.5 Å². The van der Waals surface area contributed by atoms with E-state index in [9.17, 15) is 14.4 Å².